The third-order valence-electron chi connectivity index (χ3n) is 1.86. The van der Waals surface area contributed by atoms with Crippen LogP contribution in [0.4, 0.5) is 19.0 Å². The van der Waals surface area contributed by atoms with E-state index in [-0.39, 0.29) is 6.61 Å². The summed E-state index contributed by atoms with van der Waals surface area (Å²) in [5.74, 6) is -2.19. The molecule has 0 atom stereocenters. The summed E-state index contributed by atoms with van der Waals surface area (Å²) in [7, 11) is 0. The number of carbonyl (C=O) groups is 1. The van der Waals surface area contributed by atoms with Crippen molar-refractivity contribution in [2.75, 3.05) is 6.61 Å². The van der Waals surface area contributed by atoms with Gasteiger partial charge in [0.1, 0.15) is 5.56 Å². The third kappa shape index (κ3) is 2.93. The molecule has 0 amide bonds. The summed E-state index contributed by atoms with van der Waals surface area (Å²) in [6, 6.07) is 0.350. The normalized spacial score (nSPS) is 11.1. The van der Waals surface area contributed by atoms with Gasteiger partial charge in [0.15, 0.2) is 11.8 Å². The van der Waals surface area contributed by atoms with Gasteiger partial charge in [-0.15, -0.1) is 0 Å². The second-order valence-corrected chi connectivity index (χ2v) is 3.07. The predicted molar refractivity (Wildman–Crippen MR) is 51.8 cm³/mol. The smallest absolute Gasteiger partial charge is 0.420 e. The van der Waals surface area contributed by atoms with Crippen molar-refractivity contribution in [3.05, 3.63) is 33.5 Å². The molecule has 0 radical (unpaired) electrons. The number of rotatable bonds is 3. The van der Waals surface area contributed by atoms with Crippen LogP contribution in [0, 0.1) is 10.1 Å². The molecular formula is C9H7F3N2O4. The standard InChI is InChI=1S/C9H7F3N2O4/c1-2-18-8(15)6-3-5(9(10,11)12)4-13-7(6)14(16)17/h3-4H,2H2,1H3. The van der Waals surface area contributed by atoms with E-state index >= 15 is 0 Å². The van der Waals surface area contributed by atoms with Gasteiger partial charge in [0.05, 0.1) is 6.61 Å². The Balaban J connectivity index is 3.33. The van der Waals surface area contributed by atoms with Gasteiger partial charge in [0.25, 0.3) is 0 Å². The average Bonchev–Trinajstić information content (AvgIpc) is 2.27. The minimum absolute atomic E-state index is 0.119. The molecule has 0 aliphatic rings. The van der Waals surface area contributed by atoms with Crippen molar-refractivity contribution in [1.29, 1.82) is 0 Å². The first-order valence-electron chi connectivity index (χ1n) is 4.66. The van der Waals surface area contributed by atoms with Gasteiger partial charge in [-0.1, -0.05) is 0 Å². The number of hydrogen-bond donors (Lipinski definition) is 0. The molecule has 0 aliphatic carbocycles. The molecule has 6 nitrogen and oxygen atoms in total. The molecule has 0 aliphatic heterocycles. The maximum Gasteiger partial charge on any atom is 0.420 e. The molecule has 9 heteroatoms. The number of aromatic nitrogens is 1. The van der Waals surface area contributed by atoms with Crippen LogP contribution in [0.2, 0.25) is 0 Å². The molecule has 0 fully saturated rings. The van der Waals surface area contributed by atoms with Crippen molar-refractivity contribution in [3.63, 3.8) is 0 Å². The maximum absolute atomic E-state index is 12.4. The van der Waals surface area contributed by atoms with Gasteiger partial charge >= 0.3 is 18.0 Å². The largest absolute Gasteiger partial charge is 0.462 e. The van der Waals surface area contributed by atoms with Crippen LogP contribution in [-0.4, -0.2) is 22.5 Å². The Morgan fingerprint density at radius 3 is 2.61 bits per heavy atom. The number of hydrogen-bond acceptors (Lipinski definition) is 5. The highest BCUT2D eigenvalue weighted by Gasteiger charge is 2.36. The second kappa shape index (κ2) is 4.98. The average molecular weight is 264 g/mol. The first kappa shape index (κ1) is 13.9. The monoisotopic (exact) mass is 264 g/mol. The Kier molecular flexibility index (Phi) is 3.84. The number of alkyl halides is 3. The van der Waals surface area contributed by atoms with E-state index < -0.39 is 34.0 Å². The molecule has 0 saturated carbocycles. The fourth-order valence-electron chi connectivity index (χ4n) is 1.12. The van der Waals surface area contributed by atoms with Crippen molar-refractivity contribution >= 4 is 11.8 Å². The SMILES string of the molecule is CCOC(=O)c1cc(C(F)(F)F)cnc1[N+](=O)[O-]. The van der Waals surface area contributed by atoms with Crippen LogP contribution in [0.15, 0.2) is 12.3 Å². The van der Waals surface area contributed by atoms with Crippen molar-refractivity contribution in [3.8, 4) is 0 Å². The van der Waals surface area contributed by atoms with Gasteiger partial charge in [-0.2, -0.15) is 13.2 Å². The summed E-state index contributed by atoms with van der Waals surface area (Å²) in [6.07, 6.45) is -4.45. The van der Waals surface area contributed by atoms with Crippen molar-refractivity contribution in [2.24, 2.45) is 0 Å². The lowest BCUT2D eigenvalue weighted by Crippen LogP contribution is -2.13. The number of carbonyl (C=O) groups excluding carboxylic acids is 1. The Hall–Kier alpha value is -2.19. The summed E-state index contributed by atoms with van der Waals surface area (Å²) in [4.78, 5) is 23.8. The highest BCUT2D eigenvalue weighted by Crippen LogP contribution is 2.31. The van der Waals surface area contributed by atoms with E-state index in [9.17, 15) is 28.1 Å². The Bertz CT molecular complexity index is 487. The second-order valence-electron chi connectivity index (χ2n) is 3.07. The number of esters is 1. The first-order valence-corrected chi connectivity index (χ1v) is 4.66. The molecular weight excluding hydrogens is 257 g/mol. The van der Waals surface area contributed by atoms with E-state index in [0.717, 1.165) is 0 Å². The van der Waals surface area contributed by atoms with Crippen molar-refractivity contribution in [1.82, 2.24) is 4.98 Å². The Labute approximate surface area is 98.5 Å². The molecule has 18 heavy (non-hydrogen) atoms. The van der Waals surface area contributed by atoms with E-state index in [1.54, 1.807) is 0 Å². The van der Waals surface area contributed by atoms with Gasteiger partial charge in [-0.05, 0) is 22.9 Å². The number of halogens is 3. The van der Waals surface area contributed by atoms with Gasteiger partial charge in [0.2, 0.25) is 0 Å². The molecule has 0 N–H and O–H groups in total. The van der Waals surface area contributed by atoms with Crippen molar-refractivity contribution in [2.45, 2.75) is 13.1 Å². The van der Waals surface area contributed by atoms with E-state index in [2.05, 4.69) is 9.72 Å². The van der Waals surface area contributed by atoms with Crippen LogP contribution < -0.4 is 0 Å². The molecule has 1 rings (SSSR count). The summed E-state index contributed by atoms with van der Waals surface area (Å²) >= 11 is 0. The minimum Gasteiger partial charge on any atom is -0.462 e. The van der Waals surface area contributed by atoms with E-state index in [1.807, 2.05) is 0 Å². The summed E-state index contributed by atoms with van der Waals surface area (Å²) < 4.78 is 41.6. The fourth-order valence-corrected chi connectivity index (χ4v) is 1.12. The van der Waals surface area contributed by atoms with Crippen LogP contribution in [0.5, 0.6) is 0 Å². The van der Waals surface area contributed by atoms with Crippen LogP contribution in [0.25, 0.3) is 0 Å². The molecule has 0 aromatic carbocycles. The van der Waals surface area contributed by atoms with Crippen LogP contribution in [-0.2, 0) is 10.9 Å². The zero-order valence-electron chi connectivity index (χ0n) is 9.02. The molecule has 1 aromatic rings. The minimum atomic E-state index is -4.75. The summed E-state index contributed by atoms with van der Waals surface area (Å²) in [5.41, 5.74) is -2.08. The van der Waals surface area contributed by atoms with E-state index in [4.69, 9.17) is 0 Å². The van der Waals surface area contributed by atoms with Crippen molar-refractivity contribution < 1.29 is 27.6 Å². The topological polar surface area (TPSA) is 82.3 Å². The van der Waals surface area contributed by atoms with Gasteiger partial charge in [-0.3, -0.25) is 0 Å². The Morgan fingerprint density at radius 2 is 2.17 bits per heavy atom. The highest BCUT2D eigenvalue weighted by molar-refractivity contribution is 5.93. The number of nitro groups is 1. The lowest BCUT2D eigenvalue weighted by atomic mass is 10.2. The third-order valence-corrected chi connectivity index (χ3v) is 1.86. The van der Waals surface area contributed by atoms with Crippen LogP contribution in [0.3, 0.4) is 0 Å². The molecule has 0 bridgehead atoms. The fraction of sp³-hybridized carbons (Fsp3) is 0.333. The Morgan fingerprint density at radius 1 is 1.56 bits per heavy atom. The summed E-state index contributed by atoms with van der Waals surface area (Å²) in [6.45, 7) is 1.30. The predicted octanol–water partition coefficient (Wildman–Crippen LogP) is 2.19. The van der Waals surface area contributed by atoms with Gasteiger partial charge in [0, 0.05) is 0 Å². The number of nitrogens with zero attached hydrogens (tertiary/aromatic N) is 2. The quantitative estimate of drug-likeness (QED) is 0.474. The highest BCUT2D eigenvalue weighted by atomic mass is 19.4. The molecule has 0 unspecified atom stereocenters. The molecule has 0 spiro atoms. The summed E-state index contributed by atoms with van der Waals surface area (Å²) in [5, 5.41) is 10.5. The zero-order chi connectivity index (χ0) is 13.9. The van der Waals surface area contributed by atoms with Crippen LogP contribution >= 0.6 is 0 Å². The molecule has 0 saturated heterocycles. The van der Waals surface area contributed by atoms with Crippen LogP contribution in [0.1, 0.15) is 22.8 Å². The van der Waals surface area contributed by atoms with E-state index in [0.29, 0.717) is 12.3 Å². The number of ether oxygens (including phenoxy) is 1. The molecule has 1 aromatic heterocycles. The van der Waals surface area contributed by atoms with E-state index in [1.165, 1.54) is 6.92 Å². The number of pyridine rings is 1. The molecule has 1 heterocycles. The zero-order valence-corrected chi connectivity index (χ0v) is 9.02. The lowest BCUT2D eigenvalue weighted by Gasteiger charge is -2.07. The lowest BCUT2D eigenvalue weighted by molar-refractivity contribution is -0.389. The first-order chi connectivity index (χ1) is 8.27. The van der Waals surface area contributed by atoms with Gasteiger partial charge in [-0.25, -0.2) is 4.79 Å². The molecule has 98 valence electrons. The maximum atomic E-state index is 12.4. The van der Waals surface area contributed by atoms with Gasteiger partial charge < -0.3 is 14.9 Å².